The molecule has 0 radical (unpaired) electrons. The zero-order valence-electron chi connectivity index (χ0n) is 12.6. The third kappa shape index (κ3) is 3.52. The molecule has 116 valence electrons. The maximum atomic E-state index is 12.4. The molecule has 1 saturated heterocycles. The summed E-state index contributed by atoms with van der Waals surface area (Å²) in [6.45, 7) is 5.63. The van der Waals surface area contributed by atoms with Crippen LogP contribution in [0.25, 0.3) is 11.3 Å². The van der Waals surface area contributed by atoms with Crippen molar-refractivity contribution in [2.75, 3.05) is 31.5 Å². The van der Waals surface area contributed by atoms with Crippen molar-refractivity contribution in [1.29, 1.82) is 0 Å². The molecule has 0 aliphatic carbocycles. The zero-order valence-corrected chi connectivity index (χ0v) is 13.4. The first kappa shape index (κ1) is 15.1. The molecule has 2 heterocycles. The Labute approximate surface area is 134 Å². The van der Waals surface area contributed by atoms with E-state index >= 15 is 0 Å². The maximum Gasteiger partial charge on any atom is 0.243 e. The molecule has 1 aliphatic heterocycles. The van der Waals surface area contributed by atoms with Gasteiger partial charge in [-0.05, 0) is 6.92 Å². The molecule has 22 heavy (non-hydrogen) atoms. The Bertz CT molecular complexity index is 622. The lowest BCUT2D eigenvalue weighted by molar-refractivity contribution is -0.120. The summed E-state index contributed by atoms with van der Waals surface area (Å²) in [5.74, 6) is 0.0101. The van der Waals surface area contributed by atoms with E-state index in [9.17, 15) is 4.79 Å². The van der Waals surface area contributed by atoms with Crippen molar-refractivity contribution in [3.8, 4) is 11.3 Å². The lowest BCUT2D eigenvalue weighted by Crippen LogP contribution is -2.51. The van der Waals surface area contributed by atoms with Crippen LogP contribution in [0.4, 0.5) is 5.13 Å². The zero-order chi connectivity index (χ0) is 15.4. The highest BCUT2D eigenvalue weighted by Gasteiger charge is 2.23. The van der Waals surface area contributed by atoms with Gasteiger partial charge < -0.3 is 10.6 Å². The van der Waals surface area contributed by atoms with Crippen LogP contribution in [-0.4, -0.2) is 48.0 Å². The van der Waals surface area contributed by atoms with E-state index in [2.05, 4.69) is 20.5 Å². The van der Waals surface area contributed by atoms with Gasteiger partial charge in [-0.25, -0.2) is 4.98 Å². The Morgan fingerprint density at radius 2 is 2.05 bits per heavy atom. The first-order chi connectivity index (χ1) is 10.7. The van der Waals surface area contributed by atoms with Crippen LogP contribution in [0.5, 0.6) is 0 Å². The second-order valence-electron chi connectivity index (χ2n) is 5.36. The lowest BCUT2D eigenvalue weighted by atomic mass is 10.2. The predicted octanol–water partition coefficient (Wildman–Crippen LogP) is 2.04. The number of hydrogen-bond acceptors (Lipinski definition) is 5. The number of aromatic nitrogens is 1. The van der Waals surface area contributed by atoms with Crippen molar-refractivity contribution in [1.82, 2.24) is 15.2 Å². The minimum Gasteiger partial charge on any atom is -0.314 e. The number of hydrogen-bond donors (Lipinski definition) is 2. The summed E-state index contributed by atoms with van der Waals surface area (Å²) in [7, 11) is 0. The first-order valence-corrected chi connectivity index (χ1v) is 8.38. The number of rotatable bonds is 4. The average molecular weight is 316 g/mol. The third-order valence-corrected chi connectivity index (χ3v) is 4.64. The first-order valence-electron chi connectivity index (χ1n) is 7.50. The molecule has 0 spiro atoms. The molecule has 1 aliphatic rings. The van der Waals surface area contributed by atoms with Gasteiger partial charge in [0, 0.05) is 37.1 Å². The Kier molecular flexibility index (Phi) is 4.82. The van der Waals surface area contributed by atoms with Gasteiger partial charge >= 0.3 is 0 Å². The van der Waals surface area contributed by atoms with Crippen LogP contribution in [0.1, 0.15) is 6.92 Å². The molecule has 1 atom stereocenters. The maximum absolute atomic E-state index is 12.4. The van der Waals surface area contributed by atoms with E-state index in [0.717, 1.165) is 37.4 Å². The van der Waals surface area contributed by atoms with Crippen molar-refractivity contribution in [3.63, 3.8) is 0 Å². The standard InChI is InChI=1S/C16H20N4OS/c1-12(20-9-7-17-8-10-20)15(21)19-16-18-14(11-22-16)13-5-3-2-4-6-13/h2-6,11-12,17H,7-10H2,1H3,(H,18,19,21). The van der Waals surface area contributed by atoms with Gasteiger partial charge in [-0.2, -0.15) is 0 Å². The molecule has 1 amide bonds. The Balaban J connectivity index is 1.63. The third-order valence-electron chi connectivity index (χ3n) is 3.88. The van der Waals surface area contributed by atoms with E-state index in [0.29, 0.717) is 5.13 Å². The molecule has 2 N–H and O–H groups in total. The highest BCUT2D eigenvalue weighted by Crippen LogP contribution is 2.24. The summed E-state index contributed by atoms with van der Waals surface area (Å²) < 4.78 is 0. The van der Waals surface area contributed by atoms with Gasteiger partial charge in [-0.15, -0.1) is 11.3 Å². The molecular formula is C16H20N4OS. The molecule has 1 fully saturated rings. The summed E-state index contributed by atoms with van der Waals surface area (Å²) >= 11 is 1.46. The number of benzene rings is 1. The van der Waals surface area contributed by atoms with E-state index in [4.69, 9.17) is 0 Å². The van der Waals surface area contributed by atoms with Crippen molar-refractivity contribution < 1.29 is 4.79 Å². The number of anilines is 1. The fraction of sp³-hybridized carbons (Fsp3) is 0.375. The molecule has 6 heteroatoms. The fourth-order valence-corrected chi connectivity index (χ4v) is 3.24. The number of carbonyl (C=O) groups excluding carboxylic acids is 1. The highest BCUT2D eigenvalue weighted by atomic mass is 32.1. The molecule has 1 unspecified atom stereocenters. The van der Waals surface area contributed by atoms with Crippen LogP contribution in [0.2, 0.25) is 0 Å². The summed E-state index contributed by atoms with van der Waals surface area (Å²) in [6, 6.07) is 9.85. The minimum atomic E-state index is -0.133. The number of piperazine rings is 1. The highest BCUT2D eigenvalue weighted by molar-refractivity contribution is 7.14. The summed E-state index contributed by atoms with van der Waals surface area (Å²) in [5, 5.41) is 8.86. The lowest BCUT2D eigenvalue weighted by Gasteiger charge is -2.31. The normalized spacial score (nSPS) is 17.1. The summed E-state index contributed by atoms with van der Waals surface area (Å²) in [6.07, 6.45) is 0. The Hall–Kier alpha value is -1.76. The molecule has 5 nitrogen and oxygen atoms in total. The second kappa shape index (κ2) is 7.00. The van der Waals surface area contributed by atoms with E-state index in [1.54, 1.807) is 0 Å². The molecular weight excluding hydrogens is 296 g/mol. The van der Waals surface area contributed by atoms with E-state index in [-0.39, 0.29) is 11.9 Å². The van der Waals surface area contributed by atoms with Gasteiger partial charge in [0.05, 0.1) is 11.7 Å². The Morgan fingerprint density at radius 1 is 1.32 bits per heavy atom. The SMILES string of the molecule is CC(C(=O)Nc1nc(-c2ccccc2)cs1)N1CCNCC1. The van der Waals surface area contributed by atoms with Crippen LogP contribution in [0.3, 0.4) is 0 Å². The molecule has 1 aromatic carbocycles. The monoisotopic (exact) mass is 316 g/mol. The van der Waals surface area contributed by atoms with Gasteiger partial charge in [0.1, 0.15) is 0 Å². The average Bonchev–Trinajstić information content (AvgIpc) is 3.04. The van der Waals surface area contributed by atoms with Gasteiger partial charge in [-0.1, -0.05) is 30.3 Å². The van der Waals surface area contributed by atoms with Crippen molar-refractivity contribution in [3.05, 3.63) is 35.7 Å². The Morgan fingerprint density at radius 3 is 2.77 bits per heavy atom. The van der Waals surface area contributed by atoms with Gasteiger partial charge in [0.15, 0.2) is 5.13 Å². The summed E-state index contributed by atoms with van der Waals surface area (Å²) in [5.41, 5.74) is 1.96. The largest absolute Gasteiger partial charge is 0.314 e. The number of amides is 1. The van der Waals surface area contributed by atoms with Crippen molar-refractivity contribution in [2.24, 2.45) is 0 Å². The number of thiazole rings is 1. The smallest absolute Gasteiger partial charge is 0.243 e. The second-order valence-corrected chi connectivity index (χ2v) is 6.21. The molecule has 2 aromatic rings. The van der Waals surface area contributed by atoms with Gasteiger partial charge in [0.2, 0.25) is 5.91 Å². The topological polar surface area (TPSA) is 57.3 Å². The van der Waals surface area contributed by atoms with E-state index in [1.807, 2.05) is 42.6 Å². The van der Waals surface area contributed by atoms with Crippen LogP contribution in [0, 0.1) is 0 Å². The number of nitrogens with zero attached hydrogens (tertiary/aromatic N) is 2. The molecule has 0 saturated carbocycles. The molecule has 1 aromatic heterocycles. The van der Waals surface area contributed by atoms with Gasteiger partial charge in [0.25, 0.3) is 0 Å². The van der Waals surface area contributed by atoms with Crippen LogP contribution in [-0.2, 0) is 4.79 Å². The molecule has 0 bridgehead atoms. The van der Waals surface area contributed by atoms with Crippen LogP contribution >= 0.6 is 11.3 Å². The van der Waals surface area contributed by atoms with Crippen LogP contribution < -0.4 is 10.6 Å². The quantitative estimate of drug-likeness (QED) is 0.906. The van der Waals surface area contributed by atoms with Gasteiger partial charge in [-0.3, -0.25) is 9.69 Å². The fourth-order valence-electron chi connectivity index (χ4n) is 2.52. The summed E-state index contributed by atoms with van der Waals surface area (Å²) in [4.78, 5) is 19.0. The number of nitrogens with one attached hydrogen (secondary N) is 2. The van der Waals surface area contributed by atoms with Crippen molar-refractivity contribution in [2.45, 2.75) is 13.0 Å². The van der Waals surface area contributed by atoms with E-state index < -0.39 is 0 Å². The minimum absolute atomic E-state index is 0.0101. The van der Waals surface area contributed by atoms with E-state index in [1.165, 1.54) is 11.3 Å². The predicted molar refractivity (Wildman–Crippen MR) is 90.1 cm³/mol. The molecule has 3 rings (SSSR count). The van der Waals surface area contributed by atoms with Crippen molar-refractivity contribution >= 4 is 22.4 Å². The number of carbonyl (C=O) groups is 1. The van der Waals surface area contributed by atoms with Crippen LogP contribution in [0.15, 0.2) is 35.7 Å².